The second kappa shape index (κ2) is 5.70. The number of benzene rings is 1. The number of para-hydroxylation sites is 1. The number of aromatic nitrogens is 1. The van der Waals surface area contributed by atoms with E-state index in [1.54, 1.807) is 11.3 Å². The fraction of sp³-hybridized carbons (Fsp3) is 0.500. The standard InChI is InChI=1S/C16H18ClN3OS/c17-12-5-2-6-13-14(12)18-16(22-13)20-9-7-19(8-10-20)15(21)11-3-1-4-11/h2,5-6,11H,1,3-4,7-10H2. The van der Waals surface area contributed by atoms with Gasteiger partial charge < -0.3 is 9.80 Å². The van der Waals surface area contributed by atoms with Gasteiger partial charge in [-0.3, -0.25) is 4.79 Å². The van der Waals surface area contributed by atoms with Crippen molar-refractivity contribution < 1.29 is 4.79 Å². The van der Waals surface area contributed by atoms with Crippen LogP contribution in [0.5, 0.6) is 0 Å². The van der Waals surface area contributed by atoms with Crippen molar-refractivity contribution in [1.82, 2.24) is 9.88 Å². The SMILES string of the molecule is O=C(C1CCC1)N1CCN(c2nc3c(Cl)cccc3s2)CC1. The van der Waals surface area contributed by atoms with Crippen LogP contribution in [-0.2, 0) is 4.79 Å². The molecule has 0 bridgehead atoms. The maximum atomic E-state index is 12.3. The molecule has 4 rings (SSSR count). The van der Waals surface area contributed by atoms with Gasteiger partial charge in [0.05, 0.1) is 9.72 Å². The molecule has 0 unspecified atom stereocenters. The van der Waals surface area contributed by atoms with E-state index in [0.29, 0.717) is 16.8 Å². The number of thiazole rings is 1. The van der Waals surface area contributed by atoms with Gasteiger partial charge in [-0.15, -0.1) is 0 Å². The van der Waals surface area contributed by atoms with Crippen LogP contribution in [0, 0.1) is 5.92 Å². The number of nitrogens with zero attached hydrogens (tertiary/aromatic N) is 3. The molecule has 22 heavy (non-hydrogen) atoms. The van der Waals surface area contributed by atoms with Crippen molar-refractivity contribution >= 4 is 44.2 Å². The van der Waals surface area contributed by atoms with E-state index in [0.717, 1.165) is 54.4 Å². The van der Waals surface area contributed by atoms with Gasteiger partial charge in [0.2, 0.25) is 5.91 Å². The summed E-state index contributed by atoms with van der Waals surface area (Å²) >= 11 is 7.88. The molecule has 6 heteroatoms. The summed E-state index contributed by atoms with van der Waals surface area (Å²) in [5.41, 5.74) is 0.886. The summed E-state index contributed by atoms with van der Waals surface area (Å²) in [6.45, 7) is 3.32. The maximum Gasteiger partial charge on any atom is 0.225 e. The van der Waals surface area contributed by atoms with Gasteiger partial charge in [0.1, 0.15) is 5.52 Å². The normalized spacial score (nSPS) is 19.5. The van der Waals surface area contributed by atoms with Gasteiger partial charge in [0.15, 0.2) is 5.13 Å². The highest BCUT2D eigenvalue weighted by Crippen LogP contribution is 2.33. The molecular weight excluding hydrogens is 318 g/mol. The number of hydrogen-bond acceptors (Lipinski definition) is 4. The molecule has 116 valence electrons. The van der Waals surface area contributed by atoms with E-state index >= 15 is 0 Å². The summed E-state index contributed by atoms with van der Waals surface area (Å²) in [4.78, 5) is 21.3. The first-order valence-electron chi connectivity index (χ1n) is 7.81. The second-order valence-corrected chi connectivity index (χ2v) is 7.44. The van der Waals surface area contributed by atoms with E-state index in [1.807, 2.05) is 17.0 Å². The van der Waals surface area contributed by atoms with Crippen LogP contribution in [0.15, 0.2) is 18.2 Å². The Morgan fingerprint density at radius 3 is 2.64 bits per heavy atom. The molecule has 0 spiro atoms. The molecule has 2 fully saturated rings. The van der Waals surface area contributed by atoms with Crippen molar-refractivity contribution in [3.63, 3.8) is 0 Å². The van der Waals surface area contributed by atoms with Crippen molar-refractivity contribution in [2.75, 3.05) is 31.1 Å². The third-order valence-electron chi connectivity index (χ3n) is 4.67. The lowest BCUT2D eigenvalue weighted by atomic mass is 9.84. The average molecular weight is 336 g/mol. The summed E-state index contributed by atoms with van der Waals surface area (Å²) in [7, 11) is 0. The van der Waals surface area contributed by atoms with Gasteiger partial charge in [-0.05, 0) is 25.0 Å². The van der Waals surface area contributed by atoms with Crippen LogP contribution in [0.2, 0.25) is 5.02 Å². The third-order valence-corrected chi connectivity index (χ3v) is 6.06. The zero-order chi connectivity index (χ0) is 15.1. The van der Waals surface area contributed by atoms with Crippen LogP contribution in [0.4, 0.5) is 5.13 Å². The van der Waals surface area contributed by atoms with E-state index in [-0.39, 0.29) is 0 Å². The fourth-order valence-corrected chi connectivity index (χ4v) is 4.39. The number of rotatable bonds is 2. The average Bonchev–Trinajstić information content (AvgIpc) is 2.91. The predicted molar refractivity (Wildman–Crippen MR) is 90.8 cm³/mol. The zero-order valence-corrected chi connectivity index (χ0v) is 13.9. The van der Waals surface area contributed by atoms with E-state index in [9.17, 15) is 4.79 Å². The molecule has 1 saturated heterocycles. The first-order chi connectivity index (χ1) is 10.7. The Morgan fingerprint density at radius 2 is 2.00 bits per heavy atom. The van der Waals surface area contributed by atoms with E-state index in [1.165, 1.54) is 6.42 Å². The molecule has 2 heterocycles. The lowest BCUT2D eigenvalue weighted by Crippen LogP contribution is -2.51. The van der Waals surface area contributed by atoms with Crippen molar-refractivity contribution in [2.24, 2.45) is 5.92 Å². The van der Waals surface area contributed by atoms with E-state index in [4.69, 9.17) is 11.6 Å². The highest BCUT2D eigenvalue weighted by molar-refractivity contribution is 7.22. The Hall–Kier alpha value is -1.33. The number of amides is 1. The fourth-order valence-electron chi connectivity index (χ4n) is 3.07. The van der Waals surface area contributed by atoms with Crippen LogP contribution in [-0.4, -0.2) is 42.0 Å². The molecule has 0 atom stereocenters. The zero-order valence-electron chi connectivity index (χ0n) is 12.3. The van der Waals surface area contributed by atoms with Gasteiger partial charge in [-0.25, -0.2) is 4.98 Å². The Kier molecular flexibility index (Phi) is 3.70. The van der Waals surface area contributed by atoms with Crippen molar-refractivity contribution in [2.45, 2.75) is 19.3 Å². The number of fused-ring (bicyclic) bond motifs is 1. The molecule has 2 aliphatic rings. The molecule has 0 N–H and O–H groups in total. The minimum atomic E-state index is 0.299. The molecule has 1 aliphatic carbocycles. The quantitative estimate of drug-likeness (QED) is 0.844. The Balaban J connectivity index is 1.46. The van der Waals surface area contributed by atoms with Crippen molar-refractivity contribution in [3.05, 3.63) is 23.2 Å². The van der Waals surface area contributed by atoms with Crippen LogP contribution in [0.1, 0.15) is 19.3 Å². The number of piperazine rings is 1. The highest BCUT2D eigenvalue weighted by atomic mass is 35.5. The van der Waals surface area contributed by atoms with E-state index < -0.39 is 0 Å². The second-order valence-electron chi connectivity index (χ2n) is 6.02. The highest BCUT2D eigenvalue weighted by Gasteiger charge is 2.31. The number of halogens is 1. The van der Waals surface area contributed by atoms with Gasteiger partial charge in [-0.2, -0.15) is 0 Å². The summed E-state index contributed by atoms with van der Waals surface area (Å²) in [5.74, 6) is 0.658. The first-order valence-corrected chi connectivity index (χ1v) is 9.00. The van der Waals surface area contributed by atoms with Crippen LogP contribution < -0.4 is 4.90 Å². The lowest BCUT2D eigenvalue weighted by Gasteiger charge is -2.38. The summed E-state index contributed by atoms with van der Waals surface area (Å²) in [6, 6.07) is 5.89. The molecule has 1 amide bonds. The summed E-state index contributed by atoms with van der Waals surface area (Å²) < 4.78 is 1.12. The van der Waals surface area contributed by atoms with Gasteiger partial charge in [0, 0.05) is 32.1 Å². The molecular formula is C16H18ClN3OS. The number of anilines is 1. The Labute approximate surface area is 138 Å². The van der Waals surface area contributed by atoms with Gasteiger partial charge in [0.25, 0.3) is 0 Å². The minimum absolute atomic E-state index is 0.299. The van der Waals surface area contributed by atoms with E-state index in [2.05, 4.69) is 16.0 Å². The Bertz CT molecular complexity index is 704. The molecule has 0 radical (unpaired) electrons. The van der Waals surface area contributed by atoms with Crippen molar-refractivity contribution in [1.29, 1.82) is 0 Å². The van der Waals surface area contributed by atoms with Crippen LogP contribution in [0.25, 0.3) is 10.2 Å². The molecule has 2 aromatic rings. The van der Waals surface area contributed by atoms with Gasteiger partial charge in [-0.1, -0.05) is 35.4 Å². The molecule has 1 aromatic heterocycles. The predicted octanol–water partition coefficient (Wildman–Crippen LogP) is 3.40. The summed E-state index contributed by atoms with van der Waals surface area (Å²) in [5, 5.41) is 1.72. The number of hydrogen-bond donors (Lipinski definition) is 0. The lowest BCUT2D eigenvalue weighted by molar-refractivity contribution is -0.138. The Morgan fingerprint density at radius 1 is 1.23 bits per heavy atom. The van der Waals surface area contributed by atoms with Crippen LogP contribution >= 0.6 is 22.9 Å². The largest absolute Gasteiger partial charge is 0.345 e. The van der Waals surface area contributed by atoms with Gasteiger partial charge >= 0.3 is 0 Å². The molecule has 1 saturated carbocycles. The monoisotopic (exact) mass is 335 g/mol. The smallest absolute Gasteiger partial charge is 0.225 e. The topological polar surface area (TPSA) is 36.4 Å². The first kappa shape index (κ1) is 14.3. The maximum absolute atomic E-state index is 12.3. The minimum Gasteiger partial charge on any atom is -0.345 e. The number of carbonyl (C=O) groups excluding carboxylic acids is 1. The number of carbonyl (C=O) groups is 1. The molecule has 1 aliphatic heterocycles. The third kappa shape index (κ3) is 2.46. The molecule has 1 aromatic carbocycles. The summed E-state index contributed by atoms with van der Waals surface area (Å²) in [6.07, 6.45) is 3.37. The molecule has 4 nitrogen and oxygen atoms in total. The van der Waals surface area contributed by atoms with Crippen LogP contribution in [0.3, 0.4) is 0 Å². The van der Waals surface area contributed by atoms with Crippen molar-refractivity contribution in [3.8, 4) is 0 Å².